The molecular formula is C15H25N3OS. The molecule has 1 saturated heterocycles. The third kappa shape index (κ3) is 4.56. The first-order valence-corrected chi connectivity index (χ1v) is 8.23. The van der Waals surface area contributed by atoms with Crippen LogP contribution >= 0.6 is 11.3 Å². The lowest BCUT2D eigenvalue weighted by Gasteiger charge is -2.21. The molecule has 0 saturated carbocycles. The molecule has 1 amide bonds. The molecule has 2 heterocycles. The van der Waals surface area contributed by atoms with E-state index in [9.17, 15) is 4.79 Å². The van der Waals surface area contributed by atoms with Crippen molar-refractivity contribution >= 4 is 22.4 Å². The molecule has 2 rings (SSSR count). The largest absolute Gasteiger partial charge is 0.317 e. The molecule has 1 aliphatic heterocycles. The number of thiazole rings is 1. The molecule has 0 atom stereocenters. The first kappa shape index (κ1) is 15.4. The van der Waals surface area contributed by atoms with Gasteiger partial charge in [0, 0.05) is 17.5 Å². The van der Waals surface area contributed by atoms with Gasteiger partial charge in [-0.1, -0.05) is 20.8 Å². The van der Waals surface area contributed by atoms with Crippen molar-refractivity contribution in [2.75, 3.05) is 18.4 Å². The summed E-state index contributed by atoms with van der Waals surface area (Å²) >= 11 is 1.58. The van der Waals surface area contributed by atoms with Gasteiger partial charge in [0.15, 0.2) is 5.13 Å². The van der Waals surface area contributed by atoms with E-state index in [4.69, 9.17) is 0 Å². The smallest absolute Gasteiger partial charge is 0.226 e. The summed E-state index contributed by atoms with van der Waals surface area (Å²) in [6.45, 7) is 8.65. The second kappa shape index (κ2) is 6.68. The number of aromatic nitrogens is 1. The number of piperidine rings is 1. The molecule has 1 fully saturated rings. The quantitative estimate of drug-likeness (QED) is 0.897. The third-order valence-corrected chi connectivity index (χ3v) is 5.07. The molecule has 4 nitrogen and oxygen atoms in total. The predicted octanol–water partition coefficient (Wildman–Crippen LogP) is 3.16. The molecule has 2 N–H and O–H groups in total. The van der Waals surface area contributed by atoms with Crippen LogP contribution in [0.15, 0.2) is 6.20 Å². The molecule has 0 aromatic carbocycles. The van der Waals surface area contributed by atoms with Gasteiger partial charge in [0.05, 0.1) is 0 Å². The summed E-state index contributed by atoms with van der Waals surface area (Å²) in [5.74, 6) is 0.793. The van der Waals surface area contributed by atoms with E-state index in [2.05, 4.69) is 36.4 Å². The van der Waals surface area contributed by atoms with Crippen molar-refractivity contribution in [1.82, 2.24) is 10.3 Å². The molecule has 0 unspecified atom stereocenters. The molecule has 20 heavy (non-hydrogen) atoms. The summed E-state index contributed by atoms with van der Waals surface area (Å²) < 4.78 is 0. The fraction of sp³-hybridized carbons (Fsp3) is 0.733. The molecule has 0 radical (unpaired) electrons. The molecular weight excluding hydrogens is 270 g/mol. The molecule has 0 bridgehead atoms. The second-order valence-electron chi connectivity index (χ2n) is 6.56. The molecule has 1 aromatic heterocycles. The topological polar surface area (TPSA) is 54.0 Å². The van der Waals surface area contributed by atoms with Crippen LogP contribution in [-0.2, 0) is 10.2 Å². The lowest BCUT2D eigenvalue weighted by atomic mass is 9.93. The average Bonchev–Trinajstić information content (AvgIpc) is 2.86. The second-order valence-corrected chi connectivity index (χ2v) is 7.59. The Labute approximate surface area is 125 Å². The van der Waals surface area contributed by atoms with Crippen LogP contribution in [0.2, 0.25) is 0 Å². The van der Waals surface area contributed by atoms with E-state index in [1.54, 1.807) is 11.3 Å². The molecule has 0 aliphatic carbocycles. The van der Waals surface area contributed by atoms with E-state index in [1.165, 1.54) is 17.7 Å². The van der Waals surface area contributed by atoms with Gasteiger partial charge in [0.2, 0.25) is 5.91 Å². The normalized spacial score (nSPS) is 17.1. The number of hydrogen-bond acceptors (Lipinski definition) is 4. The molecule has 1 aromatic rings. The molecule has 112 valence electrons. The molecule has 0 spiro atoms. The van der Waals surface area contributed by atoms with Gasteiger partial charge in [-0.05, 0) is 43.7 Å². The van der Waals surface area contributed by atoms with Crippen molar-refractivity contribution < 1.29 is 4.79 Å². The van der Waals surface area contributed by atoms with Gasteiger partial charge < -0.3 is 10.6 Å². The zero-order valence-electron chi connectivity index (χ0n) is 12.7. The fourth-order valence-corrected chi connectivity index (χ4v) is 3.26. The van der Waals surface area contributed by atoms with Crippen LogP contribution in [0.1, 0.15) is 51.3 Å². The number of nitrogens with one attached hydrogen (secondary N) is 2. The molecule has 5 heteroatoms. The third-order valence-electron chi connectivity index (χ3n) is 3.73. The van der Waals surface area contributed by atoms with Gasteiger partial charge in [0.25, 0.3) is 0 Å². The maximum Gasteiger partial charge on any atom is 0.226 e. The van der Waals surface area contributed by atoms with Crippen molar-refractivity contribution in [1.29, 1.82) is 0 Å². The summed E-state index contributed by atoms with van der Waals surface area (Å²) in [4.78, 5) is 17.4. The first-order valence-electron chi connectivity index (χ1n) is 7.42. The monoisotopic (exact) mass is 295 g/mol. The SMILES string of the molecule is CC(C)(C)c1cnc(NC(=O)CCC2CCNCC2)s1. The van der Waals surface area contributed by atoms with Gasteiger partial charge in [-0.25, -0.2) is 4.98 Å². The number of rotatable bonds is 4. The van der Waals surface area contributed by atoms with Crippen LogP contribution in [0.25, 0.3) is 0 Å². The van der Waals surface area contributed by atoms with E-state index in [1.807, 2.05) is 6.20 Å². The minimum Gasteiger partial charge on any atom is -0.317 e. The zero-order valence-corrected chi connectivity index (χ0v) is 13.5. The highest BCUT2D eigenvalue weighted by Gasteiger charge is 2.18. The summed E-state index contributed by atoms with van der Waals surface area (Å²) in [5, 5.41) is 7.00. The molecule has 1 aliphatic rings. The van der Waals surface area contributed by atoms with E-state index in [0.717, 1.165) is 24.6 Å². The minimum atomic E-state index is 0.0930. The van der Waals surface area contributed by atoms with Gasteiger partial charge in [0.1, 0.15) is 0 Å². The number of amides is 1. The maximum atomic E-state index is 12.0. The van der Waals surface area contributed by atoms with E-state index in [-0.39, 0.29) is 11.3 Å². The summed E-state index contributed by atoms with van der Waals surface area (Å²) in [6.07, 6.45) is 5.85. The van der Waals surface area contributed by atoms with Crippen LogP contribution in [0.5, 0.6) is 0 Å². The van der Waals surface area contributed by atoms with Crippen molar-refractivity contribution in [3.05, 3.63) is 11.1 Å². The summed E-state index contributed by atoms with van der Waals surface area (Å²) in [6, 6.07) is 0. The Balaban J connectivity index is 1.77. The number of nitrogens with zero attached hydrogens (tertiary/aromatic N) is 1. The lowest BCUT2D eigenvalue weighted by Crippen LogP contribution is -2.28. The Bertz CT molecular complexity index is 444. The number of anilines is 1. The highest BCUT2D eigenvalue weighted by Crippen LogP contribution is 2.30. The maximum absolute atomic E-state index is 12.0. The Morgan fingerprint density at radius 3 is 2.75 bits per heavy atom. The number of carbonyl (C=O) groups is 1. The van der Waals surface area contributed by atoms with Crippen molar-refractivity contribution in [2.24, 2.45) is 5.92 Å². The van der Waals surface area contributed by atoms with Gasteiger partial charge in [-0.2, -0.15) is 0 Å². The number of carbonyl (C=O) groups excluding carboxylic acids is 1. The highest BCUT2D eigenvalue weighted by atomic mass is 32.1. The Hall–Kier alpha value is -0.940. The Morgan fingerprint density at radius 1 is 1.45 bits per heavy atom. The fourth-order valence-electron chi connectivity index (χ4n) is 2.37. The summed E-state index contributed by atoms with van der Waals surface area (Å²) in [5.41, 5.74) is 0.0930. The average molecular weight is 295 g/mol. The van der Waals surface area contributed by atoms with E-state index >= 15 is 0 Å². The van der Waals surface area contributed by atoms with Crippen LogP contribution < -0.4 is 10.6 Å². The predicted molar refractivity (Wildman–Crippen MR) is 84.3 cm³/mol. The van der Waals surface area contributed by atoms with E-state index in [0.29, 0.717) is 12.3 Å². The highest BCUT2D eigenvalue weighted by molar-refractivity contribution is 7.15. The van der Waals surface area contributed by atoms with Gasteiger partial charge in [-0.15, -0.1) is 11.3 Å². The first-order chi connectivity index (χ1) is 9.45. The summed E-state index contributed by atoms with van der Waals surface area (Å²) in [7, 11) is 0. The van der Waals surface area contributed by atoms with Gasteiger partial charge >= 0.3 is 0 Å². The van der Waals surface area contributed by atoms with Gasteiger partial charge in [-0.3, -0.25) is 4.79 Å². The van der Waals surface area contributed by atoms with Crippen LogP contribution in [-0.4, -0.2) is 24.0 Å². The standard InChI is InChI=1S/C15H25N3OS/c1-15(2,3)12-10-17-14(20-12)18-13(19)5-4-11-6-8-16-9-7-11/h10-11,16H,4-9H2,1-3H3,(H,17,18,19). The van der Waals surface area contributed by atoms with Crippen LogP contribution in [0, 0.1) is 5.92 Å². The van der Waals surface area contributed by atoms with E-state index < -0.39 is 0 Å². The van der Waals surface area contributed by atoms with Crippen molar-refractivity contribution in [2.45, 2.75) is 51.9 Å². The van der Waals surface area contributed by atoms with Crippen LogP contribution in [0.4, 0.5) is 5.13 Å². The minimum absolute atomic E-state index is 0.0930. The zero-order chi connectivity index (χ0) is 14.6. The Morgan fingerprint density at radius 2 is 2.15 bits per heavy atom. The lowest BCUT2D eigenvalue weighted by molar-refractivity contribution is -0.116. The van der Waals surface area contributed by atoms with Crippen molar-refractivity contribution in [3.63, 3.8) is 0 Å². The van der Waals surface area contributed by atoms with Crippen molar-refractivity contribution in [3.8, 4) is 0 Å². The number of hydrogen-bond donors (Lipinski definition) is 2. The Kier molecular flexibility index (Phi) is 5.16. The van der Waals surface area contributed by atoms with Crippen LogP contribution in [0.3, 0.4) is 0 Å².